The van der Waals surface area contributed by atoms with Crippen LogP contribution in [0.15, 0.2) is 35.7 Å². The molecule has 1 saturated heterocycles. The van der Waals surface area contributed by atoms with E-state index in [-0.39, 0.29) is 30.9 Å². The molecule has 0 aromatic carbocycles. The van der Waals surface area contributed by atoms with Crippen LogP contribution in [0.3, 0.4) is 0 Å². The van der Waals surface area contributed by atoms with Crippen LogP contribution in [0, 0.1) is 0 Å². The molecule has 0 aromatic rings. The zero-order valence-corrected chi connectivity index (χ0v) is 11.1. The van der Waals surface area contributed by atoms with Crippen molar-refractivity contribution >= 4 is 17.7 Å². The van der Waals surface area contributed by atoms with Crippen LogP contribution < -0.4 is 5.32 Å². The number of piperidine rings is 1. The average molecular weight is 278 g/mol. The predicted octanol–water partition coefficient (Wildman–Crippen LogP) is 0.990. The van der Waals surface area contributed by atoms with Gasteiger partial charge in [0.1, 0.15) is 6.04 Å². The third-order valence-corrected chi connectivity index (χ3v) is 3.35. The minimum Gasteiger partial charge on any atom is -0.322 e. The molecule has 0 spiro atoms. The van der Waals surface area contributed by atoms with Gasteiger partial charge in [-0.3, -0.25) is 19.7 Å². The van der Waals surface area contributed by atoms with Gasteiger partial charge in [-0.05, 0) is 25.0 Å². The first kappa shape index (κ1) is 14.2. The summed E-state index contributed by atoms with van der Waals surface area (Å²) in [5.41, 5.74) is 0.793. The van der Waals surface area contributed by atoms with Crippen molar-refractivity contribution in [3.05, 3.63) is 35.7 Å². The first-order chi connectivity index (χ1) is 9.43. The lowest BCUT2D eigenvalue weighted by molar-refractivity contribution is -0.142. The van der Waals surface area contributed by atoms with E-state index in [1.807, 2.05) is 0 Å². The molecular formula is C14H15FN2O3. The summed E-state index contributed by atoms with van der Waals surface area (Å²) in [5, 5.41) is 2.21. The Labute approximate surface area is 115 Å². The number of imide groups is 1. The fraction of sp³-hybridized carbons (Fsp3) is 0.357. The summed E-state index contributed by atoms with van der Waals surface area (Å²) in [6.07, 6.45) is 3.10. The van der Waals surface area contributed by atoms with Crippen molar-refractivity contribution < 1.29 is 18.8 Å². The third-order valence-electron chi connectivity index (χ3n) is 3.35. The lowest BCUT2D eigenvalue weighted by Gasteiger charge is -2.29. The maximum Gasteiger partial charge on any atom is 0.255 e. The second-order valence-electron chi connectivity index (χ2n) is 4.77. The van der Waals surface area contributed by atoms with Gasteiger partial charge in [0.05, 0.1) is 5.83 Å². The first-order valence-electron chi connectivity index (χ1n) is 6.28. The number of carbonyl (C=O) groups excluding carboxylic acids is 3. The lowest BCUT2D eigenvalue weighted by Crippen LogP contribution is -2.53. The van der Waals surface area contributed by atoms with E-state index in [0.717, 1.165) is 6.08 Å². The van der Waals surface area contributed by atoms with Crippen LogP contribution >= 0.6 is 0 Å². The van der Waals surface area contributed by atoms with E-state index >= 15 is 0 Å². The number of halogens is 1. The van der Waals surface area contributed by atoms with Crippen LogP contribution in [0.25, 0.3) is 0 Å². The first-order valence-corrected chi connectivity index (χ1v) is 6.28. The third kappa shape index (κ3) is 2.54. The largest absolute Gasteiger partial charge is 0.322 e. The van der Waals surface area contributed by atoms with E-state index in [1.54, 1.807) is 0 Å². The molecule has 0 aliphatic carbocycles. The topological polar surface area (TPSA) is 66.5 Å². The van der Waals surface area contributed by atoms with Gasteiger partial charge < -0.3 is 4.90 Å². The van der Waals surface area contributed by atoms with Crippen molar-refractivity contribution in [2.45, 2.75) is 25.8 Å². The molecule has 106 valence electrons. The summed E-state index contributed by atoms with van der Waals surface area (Å²) in [5.74, 6) is -1.72. The highest BCUT2D eigenvalue weighted by Gasteiger charge is 2.39. The molecule has 1 fully saturated rings. The van der Waals surface area contributed by atoms with Crippen LogP contribution in [-0.4, -0.2) is 35.2 Å². The van der Waals surface area contributed by atoms with Crippen LogP contribution in [0.1, 0.15) is 19.8 Å². The molecule has 0 saturated carbocycles. The van der Waals surface area contributed by atoms with Gasteiger partial charge in [0.25, 0.3) is 5.91 Å². The highest BCUT2D eigenvalue weighted by molar-refractivity contribution is 6.06. The zero-order chi connectivity index (χ0) is 14.9. The van der Waals surface area contributed by atoms with E-state index in [9.17, 15) is 18.8 Å². The Balaban J connectivity index is 2.24. The Morgan fingerprint density at radius 1 is 1.45 bits per heavy atom. The molecule has 5 nitrogen and oxygen atoms in total. The normalized spacial score (nSPS) is 24.3. The SMILES string of the molecule is C=CC1=C(/C=C(\C)F)C(=O)N(C2CCC(=O)NC2=O)C1. The molecule has 1 N–H and O–H groups in total. The maximum atomic E-state index is 13.0. The smallest absolute Gasteiger partial charge is 0.255 e. The summed E-state index contributed by atoms with van der Waals surface area (Å²) in [4.78, 5) is 36.6. The molecule has 0 bridgehead atoms. The summed E-state index contributed by atoms with van der Waals surface area (Å²) in [6, 6.07) is -0.694. The van der Waals surface area contributed by atoms with Crippen molar-refractivity contribution in [2.24, 2.45) is 0 Å². The number of nitrogens with zero attached hydrogens (tertiary/aromatic N) is 1. The van der Waals surface area contributed by atoms with Crippen LogP contribution in [0.2, 0.25) is 0 Å². The van der Waals surface area contributed by atoms with Crippen molar-refractivity contribution in [1.82, 2.24) is 10.2 Å². The molecule has 2 aliphatic rings. The van der Waals surface area contributed by atoms with Crippen LogP contribution in [-0.2, 0) is 14.4 Å². The highest BCUT2D eigenvalue weighted by atomic mass is 19.1. The molecule has 2 heterocycles. The Hall–Kier alpha value is -2.24. The van der Waals surface area contributed by atoms with Gasteiger partial charge in [0.15, 0.2) is 0 Å². The minimum absolute atomic E-state index is 0.191. The van der Waals surface area contributed by atoms with E-state index < -0.39 is 23.7 Å². The average Bonchev–Trinajstić information content (AvgIpc) is 2.67. The van der Waals surface area contributed by atoms with Gasteiger partial charge in [-0.25, -0.2) is 4.39 Å². The standard InChI is InChI=1S/C14H15FN2O3/c1-3-9-7-17(14(20)10(9)6-8(2)15)11-4-5-12(18)16-13(11)19/h3,6,11H,1,4-5,7H2,2H3,(H,16,18,19)/b8-6+. The van der Waals surface area contributed by atoms with E-state index in [4.69, 9.17) is 0 Å². The summed E-state index contributed by atoms with van der Waals surface area (Å²) in [7, 11) is 0. The maximum absolute atomic E-state index is 13.0. The van der Waals surface area contributed by atoms with Crippen molar-refractivity contribution in [3.8, 4) is 0 Å². The van der Waals surface area contributed by atoms with Gasteiger partial charge in [-0.2, -0.15) is 0 Å². The zero-order valence-electron chi connectivity index (χ0n) is 11.1. The quantitative estimate of drug-likeness (QED) is 0.783. The number of hydrogen-bond donors (Lipinski definition) is 1. The van der Waals surface area contributed by atoms with E-state index in [2.05, 4.69) is 11.9 Å². The number of carbonyl (C=O) groups is 3. The second kappa shape index (κ2) is 5.40. The highest BCUT2D eigenvalue weighted by Crippen LogP contribution is 2.26. The Morgan fingerprint density at radius 2 is 2.15 bits per heavy atom. The molecule has 1 unspecified atom stereocenters. The van der Waals surface area contributed by atoms with Crippen molar-refractivity contribution in [3.63, 3.8) is 0 Å². The second-order valence-corrected chi connectivity index (χ2v) is 4.77. The summed E-state index contributed by atoms with van der Waals surface area (Å²) < 4.78 is 13.0. The van der Waals surface area contributed by atoms with Gasteiger partial charge in [0, 0.05) is 18.5 Å². The molecule has 6 heteroatoms. The van der Waals surface area contributed by atoms with Crippen molar-refractivity contribution in [2.75, 3.05) is 6.54 Å². The van der Waals surface area contributed by atoms with Gasteiger partial charge in [0.2, 0.25) is 11.8 Å². The number of rotatable bonds is 3. The Morgan fingerprint density at radius 3 is 2.70 bits per heavy atom. The molecule has 0 radical (unpaired) electrons. The van der Waals surface area contributed by atoms with Crippen LogP contribution in [0.4, 0.5) is 4.39 Å². The van der Waals surface area contributed by atoms with Gasteiger partial charge in [-0.15, -0.1) is 0 Å². The summed E-state index contributed by atoms with van der Waals surface area (Å²) >= 11 is 0. The van der Waals surface area contributed by atoms with Gasteiger partial charge in [-0.1, -0.05) is 12.7 Å². The number of allylic oxidation sites excluding steroid dienone is 1. The molecule has 1 atom stereocenters. The Bertz CT molecular complexity index is 559. The number of nitrogens with one attached hydrogen (secondary N) is 1. The number of hydrogen-bond acceptors (Lipinski definition) is 3. The van der Waals surface area contributed by atoms with E-state index in [1.165, 1.54) is 17.9 Å². The number of amides is 3. The fourth-order valence-electron chi connectivity index (χ4n) is 2.39. The lowest BCUT2D eigenvalue weighted by atomic mass is 10.0. The molecule has 20 heavy (non-hydrogen) atoms. The van der Waals surface area contributed by atoms with Crippen LogP contribution in [0.5, 0.6) is 0 Å². The molecule has 0 aromatic heterocycles. The summed E-state index contributed by atoms with van der Waals surface area (Å²) in [6.45, 7) is 5.05. The minimum atomic E-state index is -0.694. The van der Waals surface area contributed by atoms with Gasteiger partial charge >= 0.3 is 0 Å². The molecule has 2 rings (SSSR count). The van der Waals surface area contributed by atoms with Crippen molar-refractivity contribution in [1.29, 1.82) is 0 Å². The fourth-order valence-corrected chi connectivity index (χ4v) is 2.39. The molecule has 3 amide bonds. The predicted molar refractivity (Wildman–Crippen MR) is 70.0 cm³/mol. The molecule has 2 aliphatic heterocycles. The Kier molecular flexibility index (Phi) is 3.83. The molecular weight excluding hydrogens is 263 g/mol. The monoisotopic (exact) mass is 278 g/mol. The van der Waals surface area contributed by atoms with E-state index in [0.29, 0.717) is 5.57 Å².